The third-order valence-corrected chi connectivity index (χ3v) is 4.63. The van der Waals surface area contributed by atoms with Gasteiger partial charge in [0.25, 0.3) is 11.5 Å². The number of ether oxygens (including phenoxy) is 2. The molecule has 160 valence electrons. The summed E-state index contributed by atoms with van der Waals surface area (Å²) in [5.41, 5.74) is 0.600. The minimum Gasteiger partial charge on any atom is -0.496 e. The van der Waals surface area contributed by atoms with Gasteiger partial charge in [-0.2, -0.15) is 9.78 Å². The summed E-state index contributed by atoms with van der Waals surface area (Å²) in [6.07, 6.45) is 0. The molecule has 3 aromatic rings. The zero-order chi connectivity index (χ0) is 22.5. The molecule has 0 saturated carbocycles. The standard InChI is InChI=1S/C22H20ClN3O5/c1-4-31-22(29)20-16(24-21(28)15-11-14(23)9-10-18(15)30-3)12-19(27)26(25-20)17-8-6-5-7-13(17)2/h5-12H,4H2,1-3H3,(H,24,28). The van der Waals surface area contributed by atoms with Gasteiger partial charge in [0, 0.05) is 11.1 Å². The van der Waals surface area contributed by atoms with Gasteiger partial charge >= 0.3 is 5.97 Å². The zero-order valence-electron chi connectivity index (χ0n) is 17.1. The second-order valence-electron chi connectivity index (χ2n) is 6.46. The van der Waals surface area contributed by atoms with Crippen molar-refractivity contribution in [1.29, 1.82) is 0 Å². The van der Waals surface area contributed by atoms with Crippen molar-refractivity contribution in [1.82, 2.24) is 9.78 Å². The van der Waals surface area contributed by atoms with Gasteiger partial charge in [-0.25, -0.2) is 4.79 Å². The van der Waals surface area contributed by atoms with E-state index in [1.54, 1.807) is 25.1 Å². The highest BCUT2D eigenvalue weighted by molar-refractivity contribution is 6.31. The number of aryl methyl sites for hydroxylation is 1. The number of methoxy groups -OCH3 is 1. The van der Waals surface area contributed by atoms with Crippen molar-refractivity contribution in [2.75, 3.05) is 19.0 Å². The lowest BCUT2D eigenvalue weighted by atomic mass is 10.1. The Kier molecular flexibility index (Phi) is 6.71. The molecule has 1 amide bonds. The van der Waals surface area contributed by atoms with Crippen LogP contribution in [0.25, 0.3) is 5.69 Å². The molecule has 0 unspecified atom stereocenters. The summed E-state index contributed by atoms with van der Waals surface area (Å²) in [5.74, 6) is -1.13. The molecule has 1 N–H and O–H groups in total. The van der Waals surface area contributed by atoms with E-state index in [1.165, 1.54) is 19.2 Å². The molecule has 31 heavy (non-hydrogen) atoms. The van der Waals surface area contributed by atoms with E-state index in [2.05, 4.69) is 10.4 Å². The second-order valence-corrected chi connectivity index (χ2v) is 6.90. The van der Waals surface area contributed by atoms with E-state index in [0.717, 1.165) is 16.3 Å². The first-order valence-corrected chi connectivity index (χ1v) is 9.76. The molecule has 1 heterocycles. The predicted molar refractivity (Wildman–Crippen MR) is 116 cm³/mol. The first-order chi connectivity index (χ1) is 14.8. The number of hydrogen-bond donors (Lipinski definition) is 1. The van der Waals surface area contributed by atoms with Crippen LogP contribution >= 0.6 is 11.6 Å². The third kappa shape index (κ3) is 4.75. The second kappa shape index (κ2) is 9.44. The Morgan fingerprint density at radius 3 is 2.58 bits per heavy atom. The van der Waals surface area contributed by atoms with Crippen LogP contribution in [0.15, 0.2) is 53.3 Å². The van der Waals surface area contributed by atoms with Gasteiger partial charge in [-0.3, -0.25) is 9.59 Å². The number of nitrogens with zero attached hydrogens (tertiary/aromatic N) is 2. The van der Waals surface area contributed by atoms with Crippen molar-refractivity contribution in [3.8, 4) is 11.4 Å². The SMILES string of the molecule is CCOC(=O)c1nn(-c2ccccc2C)c(=O)cc1NC(=O)c1cc(Cl)ccc1OC. The lowest BCUT2D eigenvalue weighted by Crippen LogP contribution is -2.27. The van der Waals surface area contributed by atoms with E-state index in [4.69, 9.17) is 21.1 Å². The van der Waals surface area contributed by atoms with Gasteiger partial charge in [-0.1, -0.05) is 29.8 Å². The molecule has 1 aromatic heterocycles. The Labute approximate surface area is 183 Å². The van der Waals surface area contributed by atoms with Crippen molar-refractivity contribution in [2.24, 2.45) is 0 Å². The smallest absolute Gasteiger partial charge is 0.360 e. The number of amides is 1. The van der Waals surface area contributed by atoms with E-state index < -0.39 is 17.4 Å². The molecule has 0 aliphatic heterocycles. The Balaban J connectivity index is 2.10. The number of halogens is 1. The van der Waals surface area contributed by atoms with Gasteiger partial charge in [0.1, 0.15) is 5.75 Å². The molecule has 0 aliphatic rings. The summed E-state index contributed by atoms with van der Waals surface area (Å²) in [4.78, 5) is 38.2. The van der Waals surface area contributed by atoms with E-state index >= 15 is 0 Å². The molecule has 0 saturated heterocycles. The molecule has 8 nitrogen and oxygen atoms in total. The van der Waals surface area contributed by atoms with Crippen molar-refractivity contribution in [3.63, 3.8) is 0 Å². The first-order valence-electron chi connectivity index (χ1n) is 9.38. The molecule has 0 radical (unpaired) electrons. The number of carbonyl (C=O) groups is 2. The summed E-state index contributed by atoms with van der Waals surface area (Å²) in [7, 11) is 1.41. The molecule has 0 atom stereocenters. The van der Waals surface area contributed by atoms with E-state index in [9.17, 15) is 14.4 Å². The largest absolute Gasteiger partial charge is 0.496 e. The van der Waals surface area contributed by atoms with Crippen LogP contribution < -0.4 is 15.6 Å². The number of aromatic nitrogens is 2. The van der Waals surface area contributed by atoms with Gasteiger partial charge in [0.2, 0.25) is 0 Å². The average Bonchev–Trinajstić information content (AvgIpc) is 2.74. The molecule has 2 aromatic carbocycles. The van der Waals surface area contributed by atoms with Crippen LogP contribution in [-0.4, -0.2) is 35.4 Å². The fourth-order valence-electron chi connectivity index (χ4n) is 2.92. The average molecular weight is 442 g/mol. The maximum Gasteiger partial charge on any atom is 0.360 e. The summed E-state index contributed by atoms with van der Waals surface area (Å²) < 4.78 is 11.4. The van der Waals surface area contributed by atoms with E-state index in [-0.39, 0.29) is 29.3 Å². The molecule has 0 aliphatic carbocycles. The molecule has 3 rings (SSSR count). The molecule has 0 fully saturated rings. The molecule has 0 spiro atoms. The van der Waals surface area contributed by atoms with Crippen LogP contribution in [0.2, 0.25) is 5.02 Å². The van der Waals surface area contributed by atoms with Gasteiger partial charge in [0.15, 0.2) is 5.69 Å². The number of benzene rings is 2. The minimum absolute atomic E-state index is 0.0830. The summed E-state index contributed by atoms with van der Waals surface area (Å²) in [6, 6.07) is 12.7. The molecule has 0 bridgehead atoms. The Morgan fingerprint density at radius 1 is 1.16 bits per heavy atom. The normalized spacial score (nSPS) is 10.5. The molecule has 9 heteroatoms. The predicted octanol–water partition coefficient (Wildman–Crippen LogP) is 3.63. The summed E-state index contributed by atoms with van der Waals surface area (Å²) in [6.45, 7) is 3.55. The Bertz CT molecular complexity index is 1210. The number of carbonyl (C=O) groups excluding carboxylic acids is 2. The van der Waals surface area contributed by atoms with Crippen LogP contribution in [0.1, 0.15) is 33.3 Å². The Morgan fingerprint density at radius 2 is 1.90 bits per heavy atom. The molecular formula is C22H20ClN3O5. The maximum absolute atomic E-state index is 12.9. The fraction of sp³-hybridized carbons (Fsp3) is 0.182. The van der Waals surface area contributed by atoms with Crippen LogP contribution in [0, 0.1) is 6.92 Å². The topological polar surface area (TPSA) is 99.5 Å². The van der Waals surface area contributed by atoms with Gasteiger partial charge in [0.05, 0.1) is 30.7 Å². The lowest BCUT2D eigenvalue weighted by Gasteiger charge is -2.14. The van der Waals surface area contributed by atoms with Crippen LogP contribution in [0.4, 0.5) is 5.69 Å². The number of para-hydroxylation sites is 1. The number of hydrogen-bond acceptors (Lipinski definition) is 6. The fourth-order valence-corrected chi connectivity index (χ4v) is 3.09. The number of nitrogens with one attached hydrogen (secondary N) is 1. The first kappa shape index (κ1) is 22.0. The molecular weight excluding hydrogens is 422 g/mol. The van der Waals surface area contributed by atoms with Gasteiger partial charge in [-0.15, -0.1) is 0 Å². The van der Waals surface area contributed by atoms with Gasteiger partial charge < -0.3 is 14.8 Å². The van der Waals surface area contributed by atoms with Crippen molar-refractivity contribution < 1.29 is 19.1 Å². The highest BCUT2D eigenvalue weighted by Crippen LogP contribution is 2.24. The third-order valence-electron chi connectivity index (χ3n) is 4.40. The monoisotopic (exact) mass is 441 g/mol. The minimum atomic E-state index is -0.779. The van der Waals surface area contributed by atoms with Crippen molar-refractivity contribution in [3.05, 3.63) is 80.7 Å². The van der Waals surface area contributed by atoms with Crippen LogP contribution in [-0.2, 0) is 4.74 Å². The number of rotatable bonds is 6. The maximum atomic E-state index is 12.9. The van der Waals surface area contributed by atoms with Crippen molar-refractivity contribution >= 4 is 29.2 Å². The van der Waals surface area contributed by atoms with Crippen LogP contribution in [0.5, 0.6) is 5.75 Å². The van der Waals surface area contributed by atoms with Gasteiger partial charge in [-0.05, 0) is 43.7 Å². The quantitative estimate of drug-likeness (QED) is 0.586. The lowest BCUT2D eigenvalue weighted by molar-refractivity contribution is 0.0518. The van der Waals surface area contributed by atoms with Crippen molar-refractivity contribution in [2.45, 2.75) is 13.8 Å². The number of anilines is 1. The van der Waals surface area contributed by atoms with E-state index in [0.29, 0.717) is 10.7 Å². The number of esters is 1. The highest BCUT2D eigenvalue weighted by Gasteiger charge is 2.22. The summed E-state index contributed by atoms with van der Waals surface area (Å²) in [5, 5.41) is 7.06. The summed E-state index contributed by atoms with van der Waals surface area (Å²) >= 11 is 6.00. The van der Waals surface area contributed by atoms with Crippen LogP contribution in [0.3, 0.4) is 0 Å². The van der Waals surface area contributed by atoms with E-state index in [1.807, 2.05) is 19.1 Å². The Hall–Kier alpha value is -3.65. The highest BCUT2D eigenvalue weighted by atomic mass is 35.5. The zero-order valence-corrected chi connectivity index (χ0v) is 17.9.